The first-order valence-electron chi connectivity index (χ1n) is 9.09. The van der Waals surface area contributed by atoms with Gasteiger partial charge in [-0.05, 0) is 52.0 Å². The number of ether oxygens (including phenoxy) is 1. The lowest BCUT2D eigenvalue weighted by molar-refractivity contribution is -0.119. The van der Waals surface area contributed by atoms with Crippen molar-refractivity contribution < 1.29 is 9.53 Å². The molecule has 7 heteroatoms. The van der Waals surface area contributed by atoms with Crippen molar-refractivity contribution in [2.24, 2.45) is 0 Å². The van der Waals surface area contributed by atoms with E-state index in [0.717, 1.165) is 22.3 Å². The Balaban J connectivity index is 1.66. The zero-order chi connectivity index (χ0) is 19.2. The van der Waals surface area contributed by atoms with Crippen LogP contribution in [0.3, 0.4) is 0 Å². The normalized spacial score (nSPS) is 19.4. The summed E-state index contributed by atoms with van der Waals surface area (Å²) in [5.74, 6) is -0.107. The van der Waals surface area contributed by atoms with Crippen LogP contribution in [0.2, 0.25) is 0 Å². The van der Waals surface area contributed by atoms with Crippen LogP contribution in [0.5, 0.6) is 0 Å². The molecule has 0 bridgehead atoms. The molecule has 1 saturated heterocycles. The number of rotatable bonds is 2. The first-order valence-corrected chi connectivity index (χ1v) is 9.09. The van der Waals surface area contributed by atoms with Crippen molar-refractivity contribution in [2.75, 3.05) is 13.1 Å². The third kappa shape index (κ3) is 3.30. The highest BCUT2D eigenvalue weighted by molar-refractivity contribution is 5.93. The minimum Gasteiger partial charge on any atom is -0.369 e. The van der Waals surface area contributed by atoms with Crippen LogP contribution >= 0.6 is 0 Å². The van der Waals surface area contributed by atoms with Crippen molar-refractivity contribution in [2.45, 2.75) is 39.4 Å². The maximum Gasteiger partial charge on any atom is 0.276 e. The summed E-state index contributed by atoms with van der Waals surface area (Å²) in [6, 6.07) is 9.78. The van der Waals surface area contributed by atoms with E-state index in [9.17, 15) is 4.79 Å². The number of amides is 1. The Hall–Kier alpha value is -2.80. The topological polar surface area (TPSA) is 73.1 Å². The van der Waals surface area contributed by atoms with E-state index in [-0.39, 0.29) is 17.6 Å². The minimum absolute atomic E-state index is 0.0129. The van der Waals surface area contributed by atoms with Crippen molar-refractivity contribution in [3.63, 3.8) is 0 Å². The Kier molecular flexibility index (Phi) is 4.19. The number of carbonyl (C=O) groups excluding carboxylic acids is 1. The lowest BCUT2D eigenvalue weighted by atomic mass is 10.0. The molecule has 1 aliphatic heterocycles. The molecule has 0 radical (unpaired) electrons. The summed E-state index contributed by atoms with van der Waals surface area (Å²) in [6.07, 6.45) is 1.76. The van der Waals surface area contributed by atoms with Crippen LogP contribution in [0.1, 0.15) is 37.0 Å². The molecule has 1 fully saturated rings. The summed E-state index contributed by atoms with van der Waals surface area (Å²) in [6.45, 7) is 8.93. The average molecular weight is 365 g/mol. The summed E-state index contributed by atoms with van der Waals surface area (Å²) in [5.41, 5.74) is 2.50. The van der Waals surface area contributed by atoms with Crippen LogP contribution in [-0.4, -0.2) is 55.6 Å². The van der Waals surface area contributed by atoms with Crippen LogP contribution in [0.25, 0.3) is 16.6 Å². The van der Waals surface area contributed by atoms with Crippen molar-refractivity contribution in [1.82, 2.24) is 24.9 Å². The van der Waals surface area contributed by atoms with Crippen LogP contribution in [0.4, 0.5) is 0 Å². The third-order valence-corrected chi connectivity index (χ3v) is 4.78. The predicted octanol–water partition coefficient (Wildman–Crippen LogP) is 2.76. The van der Waals surface area contributed by atoms with Gasteiger partial charge in [-0.2, -0.15) is 0 Å². The molecule has 3 aromatic rings. The van der Waals surface area contributed by atoms with E-state index < -0.39 is 0 Å². The van der Waals surface area contributed by atoms with Crippen molar-refractivity contribution in [3.8, 4) is 5.69 Å². The maximum absolute atomic E-state index is 13.1. The van der Waals surface area contributed by atoms with Crippen molar-refractivity contribution >= 4 is 16.8 Å². The Labute approximate surface area is 157 Å². The molecule has 1 aliphatic rings. The van der Waals surface area contributed by atoms with Crippen LogP contribution in [-0.2, 0) is 4.74 Å². The second-order valence-electron chi connectivity index (χ2n) is 7.69. The van der Waals surface area contributed by atoms with Crippen molar-refractivity contribution in [3.05, 3.63) is 47.9 Å². The molecule has 0 aliphatic carbocycles. The van der Waals surface area contributed by atoms with E-state index in [2.05, 4.69) is 15.3 Å². The fourth-order valence-corrected chi connectivity index (χ4v) is 3.72. The smallest absolute Gasteiger partial charge is 0.276 e. The fourth-order valence-electron chi connectivity index (χ4n) is 3.72. The molecule has 0 saturated carbocycles. The monoisotopic (exact) mass is 365 g/mol. The highest BCUT2D eigenvalue weighted by atomic mass is 16.5. The molecule has 4 rings (SSSR count). The van der Waals surface area contributed by atoms with Crippen LogP contribution < -0.4 is 0 Å². The van der Waals surface area contributed by atoms with Gasteiger partial charge >= 0.3 is 0 Å². The van der Waals surface area contributed by atoms with E-state index in [0.29, 0.717) is 18.8 Å². The first kappa shape index (κ1) is 17.6. The quantitative estimate of drug-likeness (QED) is 0.698. The number of aromatic nitrogens is 4. The van der Waals surface area contributed by atoms with Crippen molar-refractivity contribution in [1.29, 1.82) is 0 Å². The maximum atomic E-state index is 13.1. The molecular weight excluding hydrogens is 342 g/mol. The number of nitrogens with zero attached hydrogens (tertiary/aromatic N) is 5. The molecule has 2 aromatic heterocycles. The van der Waals surface area contributed by atoms with Gasteiger partial charge in [-0.3, -0.25) is 9.78 Å². The van der Waals surface area contributed by atoms with Gasteiger partial charge in [0.05, 0.1) is 28.6 Å². The van der Waals surface area contributed by atoms with Gasteiger partial charge in [0, 0.05) is 24.7 Å². The van der Waals surface area contributed by atoms with E-state index >= 15 is 0 Å². The third-order valence-electron chi connectivity index (χ3n) is 4.78. The van der Waals surface area contributed by atoms with E-state index in [1.165, 1.54) is 0 Å². The molecule has 3 heterocycles. The Morgan fingerprint density at radius 3 is 2.89 bits per heavy atom. The Bertz CT molecular complexity index is 1010. The number of carbonyl (C=O) groups is 1. The summed E-state index contributed by atoms with van der Waals surface area (Å²) >= 11 is 0. The summed E-state index contributed by atoms with van der Waals surface area (Å²) in [7, 11) is 0. The van der Waals surface area contributed by atoms with E-state index in [1.807, 2.05) is 58.0 Å². The Morgan fingerprint density at radius 2 is 2.11 bits per heavy atom. The Morgan fingerprint density at radius 1 is 1.30 bits per heavy atom. The number of pyridine rings is 1. The number of hydrogen-bond donors (Lipinski definition) is 0. The summed E-state index contributed by atoms with van der Waals surface area (Å²) in [5, 5.41) is 9.43. The molecular formula is C20H23N5O2. The van der Waals surface area contributed by atoms with Gasteiger partial charge in [0.2, 0.25) is 0 Å². The van der Waals surface area contributed by atoms with Gasteiger partial charge in [-0.25, -0.2) is 4.68 Å². The lowest BCUT2D eigenvalue weighted by Gasteiger charge is -2.41. The van der Waals surface area contributed by atoms with Gasteiger partial charge in [0.25, 0.3) is 5.91 Å². The molecule has 140 valence electrons. The van der Waals surface area contributed by atoms with E-state index in [1.54, 1.807) is 15.8 Å². The van der Waals surface area contributed by atoms with Gasteiger partial charge in [-0.1, -0.05) is 11.3 Å². The molecule has 1 aromatic carbocycles. The largest absolute Gasteiger partial charge is 0.369 e. The first-order chi connectivity index (χ1) is 12.8. The SMILES string of the molecule is Cc1c(C(=O)N2C[C@@H](C)OC(C)(C)C2)nnn1-c1ccc2ncccc2c1. The molecule has 0 unspecified atom stereocenters. The zero-order valence-electron chi connectivity index (χ0n) is 16.0. The summed E-state index contributed by atoms with van der Waals surface area (Å²) < 4.78 is 7.60. The van der Waals surface area contributed by atoms with E-state index in [4.69, 9.17) is 4.74 Å². The molecule has 0 spiro atoms. The average Bonchev–Trinajstić information content (AvgIpc) is 3.00. The number of morpholine rings is 1. The number of fused-ring (bicyclic) bond motifs is 1. The predicted molar refractivity (Wildman–Crippen MR) is 102 cm³/mol. The minimum atomic E-state index is -0.372. The molecule has 27 heavy (non-hydrogen) atoms. The standard InChI is InChI=1S/C20H23N5O2/c1-13-11-24(12-20(3,4)27-13)19(26)18-14(2)25(23-22-18)16-7-8-17-15(10-16)6-5-9-21-17/h5-10,13H,11-12H2,1-4H3/t13-/m1/s1. The second-order valence-corrected chi connectivity index (χ2v) is 7.69. The van der Waals surface area contributed by atoms with Gasteiger partial charge < -0.3 is 9.64 Å². The highest BCUT2D eigenvalue weighted by Crippen LogP contribution is 2.23. The highest BCUT2D eigenvalue weighted by Gasteiger charge is 2.35. The molecule has 1 amide bonds. The molecule has 0 N–H and O–H groups in total. The van der Waals surface area contributed by atoms with Gasteiger partial charge in [0.15, 0.2) is 5.69 Å². The van der Waals surface area contributed by atoms with Crippen LogP contribution in [0, 0.1) is 6.92 Å². The summed E-state index contributed by atoms with van der Waals surface area (Å²) in [4.78, 5) is 19.2. The zero-order valence-corrected chi connectivity index (χ0v) is 16.0. The number of hydrogen-bond acceptors (Lipinski definition) is 5. The second kappa shape index (κ2) is 6.42. The fraction of sp³-hybridized carbons (Fsp3) is 0.400. The van der Waals surface area contributed by atoms with Crippen LogP contribution in [0.15, 0.2) is 36.5 Å². The molecule has 1 atom stereocenters. The van der Waals surface area contributed by atoms with Gasteiger partial charge in [0.1, 0.15) is 0 Å². The lowest BCUT2D eigenvalue weighted by Crippen LogP contribution is -2.54. The molecule has 7 nitrogen and oxygen atoms in total. The van der Waals surface area contributed by atoms with Gasteiger partial charge in [-0.15, -0.1) is 5.10 Å². The number of benzene rings is 1.